The molecule has 1 atom stereocenters. The number of hydrogen-bond donors (Lipinski definition) is 1. The zero-order valence-electron chi connectivity index (χ0n) is 13.7. The van der Waals surface area contributed by atoms with Crippen molar-refractivity contribution in [2.75, 3.05) is 19.6 Å². The van der Waals surface area contributed by atoms with Crippen molar-refractivity contribution in [1.29, 1.82) is 0 Å². The Hall–Kier alpha value is -2.40. The molecule has 0 aliphatic carbocycles. The summed E-state index contributed by atoms with van der Waals surface area (Å²) in [5, 5.41) is 14.1. The van der Waals surface area contributed by atoms with Crippen LogP contribution in [0.1, 0.15) is 28.8 Å². The van der Waals surface area contributed by atoms with Crippen LogP contribution in [0.5, 0.6) is 0 Å². The molecule has 1 N–H and O–H groups in total. The van der Waals surface area contributed by atoms with Crippen LogP contribution in [0, 0.1) is 5.21 Å². The normalized spacial score (nSPS) is 18.2. The summed E-state index contributed by atoms with van der Waals surface area (Å²) in [6, 6.07) is 13.8. The molecule has 2 aromatic rings. The van der Waals surface area contributed by atoms with Crippen molar-refractivity contribution in [1.82, 2.24) is 10.2 Å². The molecule has 1 aliphatic rings. The first-order chi connectivity index (χ1) is 11.7. The van der Waals surface area contributed by atoms with Crippen LogP contribution in [0.3, 0.4) is 0 Å². The lowest BCUT2D eigenvalue weighted by atomic mass is 10.0. The van der Waals surface area contributed by atoms with Gasteiger partial charge in [0.25, 0.3) is 5.91 Å². The van der Waals surface area contributed by atoms with Crippen molar-refractivity contribution in [2.24, 2.45) is 0 Å². The molecular formula is C19H23N3O2. The highest BCUT2D eigenvalue weighted by Crippen LogP contribution is 2.12. The van der Waals surface area contributed by atoms with Gasteiger partial charge in [-0.2, -0.15) is 4.73 Å². The number of nitrogens with one attached hydrogen (secondary N) is 1. The van der Waals surface area contributed by atoms with Crippen LogP contribution in [0.15, 0.2) is 54.9 Å². The number of rotatable bonds is 5. The fraction of sp³-hybridized carbons (Fsp3) is 0.368. The van der Waals surface area contributed by atoms with E-state index in [2.05, 4.69) is 34.5 Å². The van der Waals surface area contributed by atoms with Crippen LogP contribution in [-0.4, -0.2) is 36.5 Å². The van der Waals surface area contributed by atoms with Crippen LogP contribution < -0.4 is 10.0 Å². The summed E-state index contributed by atoms with van der Waals surface area (Å²) >= 11 is 0. The van der Waals surface area contributed by atoms with Gasteiger partial charge in [0.15, 0.2) is 12.4 Å². The van der Waals surface area contributed by atoms with Crippen molar-refractivity contribution in [3.05, 3.63) is 71.2 Å². The highest BCUT2D eigenvalue weighted by atomic mass is 16.5. The van der Waals surface area contributed by atoms with Crippen molar-refractivity contribution in [2.45, 2.75) is 25.3 Å². The van der Waals surface area contributed by atoms with Gasteiger partial charge in [0.1, 0.15) is 0 Å². The summed E-state index contributed by atoms with van der Waals surface area (Å²) < 4.78 is 0.683. The third-order valence-electron chi connectivity index (χ3n) is 4.46. The van der Waals surface area contributed by atoms with Crippen LogP contribution >= 0.6 is 0 Å². The van der Waals surface area contributed by atoms with Crippen molar-refractivity contribution in [3.63, 3.8) is 0 Å². The van der Waals surface area contributed by atoms with E-state index in [0.29, 0.717) is 10.3 Å². The van der Waals surface area contributed by atoms with Gasteiger partial charge in [0.05, 0.1) is 5.56 Å². The number of aromatic nitrogens is 1. The SMILES string of the molecule is O=C(NC1CCCN(CCc2ccccc2)C1)c1cc[n+]([O-])cc1. The lowest BCUT2D eigenvalue weighted by molar-refractivity contribution is -0.605. The minimum Gasteiger partial charge on any atom is -0.619 e. The molecule has 1 unspecified atom stereocenters. The number of nitrogens with zero attached hydrogens (tertiary/aromatic N) is 2. The van der Waals surface area contributed by atoms with E-state index in [9.17, 15) is 10.0 Å². The van der Waals surface area contributed by atoms with E-state index in [0.717, 1.165) is 38.9 Å². The van der Waals surface area contributed by atoms with Crippen molar-refractivity contribution >= 4 is 5.91 Å². The maximum absolute atomic E-state index is 12.3. The van der Waals surface area contributed by atoms with E-state index in [-0.39, 0.29) is 11.9 Å². The van der Waals surface area contributed by atoms with Crippen molar-refractivity contribution < 1.29 is 9.52 Å². The molecular weight excluding hydrogens is 302 g/mol. The maximum atomic E-state index is 12.3. The molecule has 2 heterocycles. The molecule has 5 heteroatoms. The van der Waals surface area contributed by atoms with Gasteiger partial charge < -0.3 is 15.4 Å². The highest BCUT2D eigenvalue weighted by Gasteiger charge is 2.21. The Morgan fingerprint density at radius 3 is 2.71 bits per heavy atom. The minimum absolute atomic E-state index is 0.106. The maximum Gasteiger partial charge on any atom is 0.251 e. The predicted molar refractivity (Wildman–Crippen MR) is 92.5 cm³/mol. The third kappa shape index (κ3) is 4.55. The van der Waals surface area contributed by atoms with Gasteiger partial charge in [-0.15, -0.1) is 0 Å². The van der Waals surface area contributed by atoms with Crippen LogP contribution in [0.2, 0.25) is 0 Å². The van der Waals surface area contributed by atoms with Gasteiger partial charge in [-0.1, -0.05) is 30.3 Å². The molecule has 1 aliphatic heterocycles. The summed E-state index contributed by atoms with van der Waals surface area (Å²) in [7, 11) is 0. The van der Waals surface area contributed by atoms with E-state index in [1.54, 1.807) is 12.1 Å². The van der Waals surface area contributed by atoms with Gasteiger partial charge in [-0.25, -0.2) is 0 Å². The van der Waals surface area contributed by atoms with Gasteiger partial charge in [-0.05, 0) is 31.4 Å². The van der Waals surface area contributed by atoms with Crippen LogP contribution in [0.4, 0.5) is 0 Å². The van der Waals surface area contributed by atoms with Crippen LogP contribution in [0.25, 0.3) is 0 Å². The molecule has 1 amide bonds. The van der Waals surface area contributed by atoms with E-state index in [1.165, 1.54) is 18.0 Å². The Morgan fingerprint density at radius 2 is 1.96 bits per heavy atom. The predicted octanol–water partition coefficient (Wildman–Crippen LogP) is 1.76. The van der Waals surface area contributed by atoms with E-state index in [4.69, 9.17) is 0 Å². The van der Waals surface area contributed by atoms with Gasteiger partial charge >= 0.3 is 0 Å². The van der Waals surface area contributed by atoms with E-state index in [1.807, 2.05) is 6.07 Å². The Kier molecular flexibility index (Phi) is 5.43. The number of likely N-dealkylation sites (tertiary alicyclic amines) is 1. The molecule has 0 bridgehead atoms. The largest absolute Gasteiger partial charge is 0.619 e. The molecule has 1 fully saturated rings. The second-order valence-corrected chi connectivity index (χ2v) is 6.30. The fourth-order valence-corrected chi connectivity index (χ4v) is 3.14. The Morgan fingerprint density at radius 1 is 1.21 bits per heavy atom. The van der Waals surface area contributed by atoms with Gasteiger partial charge in [0, 0.05) is 31.3 Å². The number of benzene rings is 1. The van der Waals surface area contributed by atoms with E-state index >= 15 is 0 Å². The first-order valence-corrected chi connectivity index (χ1v) is 8.47. The van der Waals surface area contributed by atoms with Gasteiger partial charge in [0.2, 0.25) is 0 Å². The molecule has 1 aromatic heterocycles. The number of amides is 1. The number of carbonyl (C=O) groups excluding carboxylic acids is 1. The third-order valence-corrected chi connectivity index (χ3v) is 4.46. The second kappa shape index (κ2) is 7.93. The van der Waals surface area contributed by atoms with Gasteiger partial charge in [-0.3, -0.25) is 4.79 Å². The molecule has 0 spiro atoms. The Bertz CT molecular complexity index is 658. The summed E-state index contributed by atoms with van der Waals surface area (Å²) in [5.74, 6) is -0.106. The summed E-state index contributed by atoms with van der Waals surface area (Å²) in [5.41, 5.74) is 1.88. The molecule has 24 heavy (non-hydrogen) atoms. The first-order valence-electron chi connectivity index (χ1n) is 8.47. The molecule has 5 nitrogen and oxygen atoms in total. The summed E-state index contributed by atoms with van der Waals surface area (Å²) in [6.07, 6.45) is 5.82. The summed E-state index contributed by atoms with van der Waals surface area (Å²) in [6.45, 7) is 2.98. The molecule has 1 aromatic carbocycles. The zero-order chi connectivity index (χ0) is 16.8. The Labute approximate surface area is 142 Å². The van der Waals surface area contributed by atoms with Crippen molar-refractivity contribution in [3.8, 4) is 0 Å². The molecule has 0 saturated carbocycles. The minimum atomic E-state index is -0.106. The number of hydrogen-bond acceptors (Lipinski definition) is 3. The standard InChI is InChI=1S/C19H23N3O2/c23-19(17-9-13-22(24)14-10-17)20-18-7-4-11-21(15-18)12-8-16-5-2-1-3-6-16/h1-3,5-6,9-10,13-14,18H,4,7-8,11-12,15H2,(H,20,23). The molecule has 1 saturated heterocycles. The molecule has 0 radical (unpaired) electrons. The van der Waals surface area contributed by atoms with E-state index < -0.39 is 0 Å². The quantitative estimate of drug-likeness (QED) is 0.673. The molecule has 3 rings (SSSR count). The number of pyridine rings is 1. The second-order valence-electron chi connectivity index (χ2n) is 6.30. The fourth-order valence-electron chi connectivity index (χ4n) is 3.14. The average molecular weight is 325 g/mol. The van der Waals surface area contributed by atoms with Crippen LogP contribution in [-0.2, 0) is 6.42 Å². The zero-order valence-corrected chi connectivity index (χ0v) is 13.7. The lowest BCUT2D eigenvalue weighted by Gasteiger charge is -2.33. The summed E-state index contributed by atoms with van der Waals surface area (Å²) in [4.78, 5) is 14.7. The lowest BCUT2D eigenvalue weighted by Crippen LogP contribution is -2.48. The average Bonchev–Trinajstić information content (AvgIpc) is 2.62. The Balaban J connectivity index is 1.50. The number of piperidine rings is 1. The monoisotopic (exact) mass is 325 g/mol. The molecule has 126 valence electrons. The topological polar surface area (TPSA) is 59.3 Å². The smallest absolute Gasteiger partial charge is 0.251 e. The highest BCUT2D eigenvalue weighted by molar-refractivity contribution is 5.94. The first kappa shape index (κ1) is 16.5. The number of carbonyl (C=O) groups is 1.